The van der Waals surface area contributed by atoms with Gasteiger partial charge in [0.25, 0.3) is 0 Å². The molecule has 0 bridgehead atoms. The van der Waals surface area contributed by atoms with E-state index in [4.69, 9.17) is 0 Å². The molecule has 2 heteroatoms. The molecule has 0 unspecified atom stereocenters. The number of carbonyl (C=O) groups excluding carboxylic acids is 1. The Morgan fingerprint density at radius 2 is 1.56 bits per heavy atom. The highest BCUT2D eigenvalue weighted by Crippen LogP contribution is 2.39. The predicted octanol–water partition coefficient (Wildman–Crippen LogP) is 3.65. The Bertz CT molecular complexity index is 283. The fraction of sp³-hybridized carbons (Fsp3) is 0.938. The molecule has 104 valence electrons. The van der Waals surface area contributed by atoms with Crippen molar-refractivity contribution in [3.63, 3.8) is 0 Å². The molecule has 0 N–H and O–H groups in total. The minimum Gasteiger partial charge on any atom is -0.297 e. The molecule has 0 radical (unpaired) electrons. The van der Waals surface area contributed by atoms with Gasteiger partial charge in [-0.3, -0.25) is 9.69 Å². The maximum Gasteiger partial charge on any atom is 0.156 e. The molecule has 18 heavy (non-hydrogen) atoms. The van der Waals surface area contributed by atoms with E-state index in [9.17, 15) is 4.79 Å². The van der Waals surface area contributed by atoms with E-state index in [-0.39, 0.29) is 5.54 Å². The van der Waals surface area contributed by atoms with Crippen molar-refractivity contribution >= 4 is 5.78 Å². The number of hydrogen-bond acceptors (Lipinski definition) is 2. The van der Waals surface area contributed by atoms with E-state index in [0.29, 0.717) is 11.7 Å². The molecule has 2 saturated carbocycles. The van der Waals surface area contributed by atoms with Crippen LogP contribution in [0.3, 0.4) is 0 Å². The lowest BCUT2D eigenvalue weighted by Gasteiger charge is -2.44. The van der Waals surface area contributed by atoms with Crippen molar-refractivity contribution < 1.29 is 4.79 Å². The van der Waals surface area contributed by atoms with Gasteiger partial charge in [-0.25, -0.2) is 0 Å². The molecule has 0 aromatic rings. The Hall–Kier alpha value is -0.370. The lowest BCUT2D eigenvalue weighted by molar-refractivity contribution is -0.137. The van der Waals surface area contributed by atoms with E-state index in [1.807, 2.05) is 0 Å². The van der Waals surface area contributed by atoms with E-state index in [1.54, 1.807) is 0 Å². The van der Waals surface area contributed by atoms with Crippen molar-refractivity contribution in [2.75, 3.05) is 14.1 Å². The first-order valence-electron chi connectivity index (χ1n) is 7.78. The summed E-state index contributed by atoms with van der Waals surface area (Å²) in [4.78, 5) is 15.2. The minimum absolute atomic E-state index is 0.122. The summed E-state index contributed by atoms with van der Waals surface area (Å²) in [5.74, 6) is 1.75. The van der Waals surface area contributed by atoms with Crippen LogP contribution in [0.15, 0.2) is 0 Å². The van der Waals surface area contributed by atoms with Gasteiger partial charge in [0.15, 0.2) is 5.78 Å². The molecule has 0 aromatic carbocycles. The normalized spacial score (nSPS) is 32.4. The maximum absolute atomic E-state index is 13.0. The second-order valence-corrected chi connectivity index (χ2v) is 6.81. The van der Waals surface area contributed by atoms with Gasteiger partial charge in [0.2, 0.25) is 0 Å². The fourth-order valence-electron chi connectivity index (χ4n) is 3.95. The third-order valence-corrected chi connectivity index (χ3v) is 5.38. The Balaban J connectivity index is 2.08. The third-order valence-electron chi connectivity index (χ3n) is 5.38. The zero-order chi connectivity index (χ0) is 13.2. The monoisotopic (exact) mass is 251 g/mol. The first-order valence-corrected chi connectivity index (χ1v) is 7.78. The van der Waals surface area contributed by atoms with E-state index in [1.165, 1.54) is 32.1 Å². The smallest absolute Gasteiger partial charge is 0.156 e. The van der Waals surface area contributed by atoms with Crippen molar-refractivity contribution in [1.82, 2.24) is 4.90 Å². The number of hydrogen-bond donors (Lipinski definition) is 0. The maximum atomic E-state index is 13.0. The van der Waals surface area contributed by atoms with Crippen LogP contribution < -0.4 is 0 Å². The van der Waals surface area contributed by atoms with Gasteiger partial charge in [-0.2, -0.15) is 0 Å². The fourth-order valence-corrected chi connectivity index (χ4v) is 3.95. The van der Waals surface area contributed by atoms with E-state index in [0.717, 1.165) is 31.6 Å². The van der Waals surface area contributed by atoms with Crippen molar-refractivity contribution in [3.8, 4) is 0 Å². The molecular weight excluding hydrogens is 222 g/mol. The quantitative estimate of drug-likeness (QED) is 0.763. The van der Waals surface area contributed by atoms with Gasteiger partial charge >= 0.3 is 0 Å². The summed E-state index contributed by atoms with van der Waals surface area (Å²) < 4.78 is 0. The minimum atomic E-state index is -0.122. The Morgan fingerprint density at radius 3 is 2.06 bits per heavy atom. The molecule has 2 rings (SSSR count). The van der Waals surface area contributed by atoms with Crippen LogP contribution in [0.5, 0.6) is 0 Å². The summed E-state index contributed by atoms with van der Waals surface area (Å²) in [7, 11) is 4.21. The Kier molecular flexibility index (Phi) is 4.47. The van der Waals surface area contributed by atoms with Gasteiger partial charge in [0.1, 0.15) is 0 Å². The zero-order valence-electron chi connectivity index (χ0n) is 12.4. The van der Waals surface area contributed by atoms with Crippen LogP contribution in [0, 0.1) is 11.8 Å². The summed E-state index contributed by atoms with van der Waals surface area (Å²) in [6, 6.07) is 0. The lowest BCUT2D eigenvalue weighted by atomic mass is 9.69. The highest BCUT2D eigenvalue weighted by atomic mass is 16.1. The van der Waals surface area contributed by atoms with Crippen LogP contribution in [0.2, 0.25) is 0 Å². The number of likely N-dealkylation sites (N-methyl/N-ethyl adjacent to an activating group) is 1. The second kappa shape index (κ2) is 5.73. The average molecular weight is 251 g/mol. The highest BCUT2D eigenvalue weighted by Gasteiger charge is 2.44. The number of nitrogens with zero attached hydrogens (tertiary/aromatic N) is 1. The van der Waals surface area contributed by atoms with Gasteiger partial charge in [-0.05, 0) is 45.7 Å². The number of carbonyl (C=O) groups is 1. The SMILES string of the molecule is CC1CCC(C(=O)C2(N(C)C)CCCCC2)CC1. The number of Topliss-reactive ketones (excluding diaryl/α,β-unsaturated/α-hetero) is 1. The molecule has 0 atom stereocenters. The largest absolute Gasteiger partial charge is 0.297 e. The van der Waals surface area contributed by atoms with Gasteiger partial charge in [0, 0.05) is 5.92 Å². The van der Waals surface area contributed by atoms with E-state index >= 15 is 0 Å². The molecule has 2 nitrogen and oxygen atoms in total. The van der Waals surface area contributed by atoms with E-state index < -0.39 is 0 Å². The van der Waals surface area contributed by atoms with Gasteiger partial charge in [-0.15, -0.1) is 0 Å². The molecule has 2 fully saturated rings. The number of rotatable bonds is 3. The standard InChI is InChI=1S/C16H29NO/c1-13-7-9-14(10-8-13)15(18)16(17(2)3)11-5-4-6-12-16/h13-14H,4-12H2,1-3H3. The molecule has 0 saturated heterocycles. The summed E-state index contributed by atoms with van der Waals surface area (Å²) in [5.41, 5.74) is -0.122. The van der Waals surface area contributed by atoms with Crippen LogP contribution >= 0.6 is 0 Å². The topological polar surface area (TPSA) is 20.3 Å². The first kappa shape index (κ1) is 14.0. The van der Waals surface area contributed by atoms with Gasteiger partial charge in [-0.1, -0.05) is 39.0 Å². The average Bonchev–Trinajstić information content (AvgIpc) is 2.39. The van der Waals surface area contributed by atoms with Gasteiger partial charge in [0.05, 0.1) is 5.54 Å². The molecule has 0 amide bonds. The lowest BCUT2D eigenvalue weighted by Crippen LogP contribution is -2.55. The summed E-state index contributed by atoms with van der Waals surface area (Å²) in [6.07, 6.45) is 10.7. The summed E-state index contributed by atoms with van der Waals surface area (Å²) in [5, 5.41) is 0. The second-order valence-electron chi connectivity index (χ2n) is 6.81. The molecule has 0 heterocycles. The van der Waals surface area contributed by atoms with Crippen LogP contribution in [-0.2, 0) is 4.79 Å². The predicted molar refractivity (Wildman–Crippen MR) is 75.6 cm³/mol. The number of ketones is 1. The van der Waals surface area contributed by atoms with Crippen LogP contribution in [0.1, 0.15) is 64.7 Å². The Morgan fingerprint density at radius 1 is 1.00 bits per heavy atom. The van der Waals surface area contributed by atoms with Crippen molar-refractivity contribution in [1.29, 1.82) is 0 Å². The molecular formula is C16H29NO. The van der Waals surface area contributed by atoms with Crippen LogP contribution in [-0.4, -0.2) is 30.3 Å². The molecule has 2 aliphatic carbocycles. The van der Waals surface area contributed by atoms with E-state index in [2.05, 4.69) is 25.9 Å². The van der Waals surface area contributed by atoms with Crippen molar-refractivity contribution in [2.24, 2.45) is 11.8 Å². The van der Waals surface area contributed by atoms with Crippen LogP contribution in [0.4, 0.5) is 0 Å². The Labute approximate surface area is 112 Å². The van der Waals surface area contributed by atoms with Crippen LogP contribution in [0.25, 0.3) is 0 Å². The molecule has 0 aromatic heterocycles. The third kappa shape index (κ3) is 2.64. The van der Waals surface area contributed by atoms with Crippen molar-refractivity contribution in [2.45, 2.75) is 70.3 Å². The molecule has 0 aliphatic heterocycles. The first-order chi connectivity index (χ1) is 8.56. The molecule has 2 aliphatic rings. The molecule has 0 spiro atoms. The van der Waals surface area contributed by atoms with Gasteiger partial charge < -0.3 is 0 Å². The summed E-state index contributed by atoms with van der Waals surface area (Å²) in [6.45, 7) is 2.32. The highest BCUT2D eigenvalue weighted by molar-refractivity contribution is 5.90. The summed E-state index contributed by atoms with van der Waals surface area (Å²) >= 11 is 0. The van der Waals surface area contributed by atoms with Crippen molar-refractivity contribution in [3.05, 3.63) is 0 Å². The zero-order valence-corrected chi connectivity index (χ0v) is 12.4.